The van der Waals surface area contributed by atoms with Crippen molar-refractivity contribution in [2.45, 2.75) is 6.92 Å². The van der Waals surface area contributed by atoms with Crippen LogP contribution in [-0.4, -0.2) is 37.2 Å². The van der Waals surface area contributed by atoms with Gasteiger partial charge >= 0.3 is 0 Å². The van der Waals surface area contributed by atoms with Gasteiger partial charge in [0.2, 0.25) is 5.91 Å². The minimum Gasteiger partial charge on any atom is -0.490 e. The van der Waals surface area contributed by atoms with Gasteiger partial charge in [-0.2, -0.15) is 0 Å². The van der Waals surface area contributed by atoms with Gasteiger partial charge in [-0.25, -0.2) is 0 Å². The van der Waals surface area contributed by atoms with Crippen molar-refractivity contribution >= 4 is 40.5 Å². The average molecular weight is 464 g/mol. The standard InChI is InChI=1S/C25H25N3O4S/c1-18(29)28(2)20-14-12-19(13-15-20)26-25(33)27-24(30)22-10-6-7-11-23(22)32-17-16-31-21-8-4-3-5-9-21/h3-15H,16-17H2,1-2H3,(H2,26,27,30,33). The lowest BCUT2D eigenvalue weighted by molar-refractivity contribution is -0.116. The molecule has 0 aliphatic heterocycles. The molecule has 0 fully saturated rings. The highest BCUT2D eigenvalue weighted by molar-refractivity contribution is 7.80. The molecule has 2 amide bonds. The van der Waals surface area contributed by atoms with Crippen molar-refractivity contribution in [2.75, 3.05) is 30.5 Å². The summed E-state index contributed by atoms with van der Waals surface area (Å²) in [6.45, 7) is 2.12. The fraction of sp³-hybridized carbons (Fsp3) is 0.160. The van der Waals surface area contributed by atoms with Crippen molar-refractivity contribution in [1.82, 2.24) is 5.32 Å². The second-order valence-corrected chi connectivity index (χ2v) is 7.45. The quantitative estimate of drug-likeness (QED) is 0.384. The van der Waals surface area contributed by atoms with Crippen LogP contribution < -0.4 is 25.0 Å². The fourth-order valence-electron chi connectivity index (χ4n) is 2.89. The number of nitrogens with one attached hydrogen (secondary N) is 2. The van der Waals surface area contributed by atoms with E-state index in [0.717, 1.165) is 11.4 Å². The number of hydrogen-bond donors (Lipinski definition) is 2. The summed E-state index contributed by atoms with van der Waals surface area (Å²) in [6, 6.07) is 23.5. The van der Waals surface area contributed by atoms with Crippen molar-refractivity contribution in [1.29, 1.82) is 0 Å². The van der Waals surface area contributed by atoms with E-state index < -0.39 is 0 Å². The number of carbonyl (C=O) groups is 2. The largest absolute Gasteiger partial charge is 0.490 e. The maximum Gasteiger partial charge on any atom is 0.261 e. The Morgan fingerprint density at radius 1 is 0.879 bits per heavy atom. The molecule has 7 nitrogen and oxygen atoms in total. The molecule has 3 aromatic rings. The van der Waals surface area contributed by atoms with Crippen LogP contribution in [0.2, 0.25) is 0 Å². The van der Waals surface area contributed by atoms with E-state index in [0.29, 0.717) is 23.6 Å². The first-order chi connectivity index (χ1) is 15.9. The zero-order valence-corrected chi connectivity index (χ0v) is 19.2. The summed E-state index contributed by atoms with van der Waals surface area (Å²) in [4.78, 5) is 25.7. The van der Waals surface area contributed by atoms with Crippen molar-refractivity contribution in [2.24, 2.45) is 0 Å². The maximum atomic E-state index is 12.7. The highest BCUT2D eigenvalue weighted by Crippen LogP contribution is 2.19. The number of ether oxygens (including phenoxy) is 2. The van der Waals surface area contributed by atoms with Crippen molar-refractivity contribution < 1.29 is 19.1 Å². The van der Waals surface area contributed by atoms with Crippen LogP contribution in [0.25, 0.3) is 0 Å². The molecule has 0 unspecified atom stereocenters. The summed E-state index contributed by atoms with van der Waals surface area (Å²) >= 11 is 5.27. The average Bonchev–Trinajstić information content (AvgIpc) is 2.82. The van der Waals surface area contributed by atoms with E-state index in [4.69, 9.17) is 21.7 Å². The third-order valence-corrected chi connectivity index (χ3v) is 4.90. The number of thiocarbonyl (C=S) groups is 1. The van der Waals surface area contributed by atoms with E-state index in [1.165, 1.54) is 11.8 Å². The van der Waals surface area contributed by atoms with Gasteiger partial charge in [0.25, 0.3) is 5.91 Å². The third-order valence-electron chi connectivity index (χ3n) is 4.70. The van der Waals surface area contributed by atoms with Crippen molar-refractivity contribution in [3.05, 3.63) is 84.4 Å². The Hall–Kier alpha value is -3.91. The molecule has 33 heavy (non-hydrogen) atoms. The normalized spacial score (nSPS) is 10.1. The van der Waals surface area contributed by atoms with E-state index in [1.54, 1.807) is 55.6 Å². The summed E-state index contributed by atoms with van der Waals surface area (Å²) in [6.07, 6.45) is 0. The minimum absolute atomic E-state index is 0.0639. The molecule has 8 heteroatoms. The molecule has 0 aliphatic carbocycles. The smallest absolute Gasteiger partial charge is 0.261 e. The molecule has 0 radical (unpaired) electrons. The Morgan fingerprint density at radius 2 is 1.52 bits per heavy atom. The number of benzene rings is 3. The van der Waals surface area contributed by atoms with E-state index >= 15 is 0 Å². The lowest BCUT2D eigenvalue weighted by atomic mass is 10.2. The van der Waals surface area contributed by atoms with Gasteiger partial charge in [-0.05, 0) is 60.7 Å². The number of nitrogens with zero attached hydrogens (tertiary/aromatic N) is 1. The molecule has 3 rings (SSSR count). The Labute approximate surface area is 198 Å². The van der Waals surface area contributed by atoms with Gasteiger partial charge < -0.3 is 19.7 Å². The summed E-state index contributed by atoms with van der Waals surface area (Å²) < 4.78 is 11.4. The lowest BCUT2D eigenvalue weighted by Crippen LogP contribution is -2.34. The Kier molecular flexibility index (Phi) is 8.37. The fourth-order valence-corrected chi connectivity index (χ4v) is 3.10. The lowest BCUT2D eigenvalue weighted by Gasteiger charge is -2.16. The van der Waals surface area contributed by atoms with Gasteiger partial charge in [0.1, 0.15) is 24.7 Å². The van der Waals surface area contributed by atoms with Crippen LogP contribution in [0.1, 0.15) is 17.3 Å². The van der Waals surface area contributed by atoms with Crippen LogP contribution in [0.15, 0.2) is 78.9 Å². The zero-order chi connectivity index (χ0) is 23.6. The second kappa shape index (κ2) is 11.6. The van der Waals surface area contributed by atoms with E-state index in [2.05, 4.69) is 10.6 Å². The van der Waals surface area contributed by atoms with Crippen molar-refractivity contribution in [3.63, 3.8) is 0 Å². The number of anilines is 2. The van der Waals surface area contributed by atoms with Crippen LogP contribution in [0.3, 0.4) is 0 Å². The summed E-state index contributed by atoms with van der Waals surface area (Å²) in [5.41, 5.74) is 1.80. The Bertz CT molecular complexity index is 1100. The molecule has 0 heterocycles. The minimum atomic E-state index is -0.389. The van der Waals surface area contributed by atoms with Gasteiger partial charge in [-0.1, -0.05) is 30.3 Å². The molecule has 170 valence electrons. The van der Waals surface area contributed by atoms with E-state index in [1.807, 2.05) is 30.3 Å². The number of amides is 2. The number of para-hydroxylation sites is 2. The topological polar surface area (TPSA) is 79.9 Å². The van der Waals surface area contributed by atoms with Crippen LogP contribution in [0.4, 0.5) is 11.4 Å². The van der Waals surface area contributed by atoms with Gasteiger partial charge in [0.05, 0.1) is 5.56 Å². The predicted molar refractivity (Wildman–Crippen MR) is 133 cm³/mol. The summed E-state index contributed by atoms with van der Waals surface area (Å²) in [7, 11) is 1.70. The maximum absolute atomic E-state index is 12.7. The van der Waals surface area contributed by atoms with Gasteiger partial charge in [-0.15, -0.1) is 0 Å². The molecular weight excluding hydrogens is 438 g/mol. The van der Waals surface area contributed by atoms with Crippen LogP contribution in [-0.2, 0) is 4.79 Å². The van der Waals surface area contributed by atoms with Crippen LogP contribution in [0, 0.1) is 0 Å². The highest BCUT2D eigenvalue weighted by atomic mass is 32.1. The molecule has 0 aliphatic rings. The van der Waals surface area contributed by atoms with E-state index in [9.17, 15) is 9.59 Å². The number of carbonyl (C=O) groups excluding carboxylic acids is 2. The monoisotopic (exact) mass is 463 g/mol. The summed E-state index contributed by atoms with van der Waals surface area (Å²) in [5.74, 6) is 0.738. The molecule has 0 aromatic heterocycles. The Balaban J connectivity index is 1.53. The van der Waals surface area contributed by atoms with Crippen molar-refractivity contribution in [3.8, 4) is 11.5 Å². The molecular formula is C25H25N3O4S. The van der Waals surface area contributed by atoms with Gasteiger partial charge in [0, 0.05) is 25.3 Å². The molecule has 0 saturated heterocycles. The SMILES string of the molecule is CC(=O)N(C)c1ccc(NC(=S)NC(=O)c2ccccc2OCCOc2ccccc2)cc1. The Morgan fingerprint density at radius 3 is 2.21 bits per heavy atom. The number of rotatable bonds is 8. The molecule has 0 atom stereocenters. The third kappa shape index (κ3) is 7.05. The zero-order valence-electron chi connectivity index (χ0n) is 18.4. The predicted octanol–water partition coefficient (Wildman–Crippen LogP) is 4.25. The second-order valence-electron chi connectivity index (χ2n) is 7.04. The molecule has 2 N–H and O–H groups in total. The molecule has 0 spiro atoms. The highest BCUT2D eigenvalue weighted by Gasteiger charge is 2.14. The molecule has 0 bridgehead atoms. The molecule has 3 aromatic carbocycles. The summed E-state index contributed by atoms with van der Waals surface area (Å²) in [5, 5.41) is 5.77. The first-order valence-electron chi connectivity index (χ1n) is 10.3. The molecule has 0 saturated carbocycles. The van der Waals surface area contributed by atoms with Gasteiger partial charge in [0.15, 0.2) is 5.11 Å². The first kappa shape index (κ1) is 23.7. The first-order valence-corrected chi connectivity index (χ1v) is 10.7. The van der Waals surface area contributed by atoms with Crippen LogP contribution in [0.5, 0.6) is 11.5 Å². The van der Waals surface area contributed by atoms with E-state index in [-0.39, 0.29) is 23.5 Å². The number of hydrogen-bond acceptors (Lipinski definition) is 5. The van der Waals surface area contributed by atoms with Crippen LogP contribution >= 0.6 is 12.2 Å². The van der Waals surface area contributed by atoms with Gasteiger partial charge in [-0.3, -0.25) is 14.9 Å².